The van der Waals surface area contributed by atoms with Gasteiger partial charge in [-0.3, -0.25) is 9.78 Å². The Kier molecular flexibility index (Phi) is 6.41. The molecule has 2 N–H and O–H groups in total. The number of hydrogen-bond donors (Lipinski definition) is 2. The summed E-state index contributed by atoms with van der Waals surface area (Å²) in [5.41, 5.74) is 1.66. The summed E-state index contributed by atoms with van der Waals surface area (Å²) >= 11 is 0. The van der Waals surface area contributed by atoms with E-state index in [1.807, 2.05) is 18.2 Å². The van der Waals surface area contributed by atoms with Crippen LogP contribution in [0.1, 0.15) is 16.1 Å². The molecule has 0 saturated heterocycles. The van der Waals surface area contributed by atoms with Gasteiger partial charge in [0.05, 0.1) is 39.1 Å². The molecule has 0 unspecified atom stereocenters. The molecule has 3 aromatic rings. The lowest BCUT2D eigenvalue weighted by molar-refractivity contribution is 0.102. The first-order valence-corrected chi connectivity index (χ1v) is 8.71. The molecule has 29 heavy (non-hydrogen) atoms. The molecule has 0 aliphatic heterocycles. The summed E-state index contributed by atoms with van der Waals surface area (Å²) in [4.78, 5) is 25.1. The number of carbonyl (C=O) groups excluding carboxylic acids is 1. The first-order chi connectivity index (χ1) is 14.1. The second-order valence-corrected chi connectivity index (χ2v) is 5.84. The molecule has 3 rings (SSSR count). The lowest BCUT2D eigenvalue weighted by Crippen LogP contribution is -2.14. The van der Waals surface area contributed by atoms with Crippen molar-refractivity contribution in [2.75, 3.05) is 32.0 Å². The molecule has 0 fully saturated rings. The van der Waals surface area contributed by atoms with Crippen molar-refractivity contribution >= 4 is 17.5 Å². The van der Waals surface area contributed by atoms with Crippen LogP contribution in [-0.2, 0) is 6.54 Å². The van der Waals surface area contributed by atoms with Gasteiger partial charge in [-0.2, -0.15) is 0 Å². The topological polar surface area (TPSA) is 107 Å². The summed E-state index contributed by atoms with van der Waals surface area (Å²) in [6.45, 7) is 0.484. The lowest BCUT2D eigenvalue weighted by atomic mass is 10.2. The van der Waals surface area contributed by atoms with Gasteiger partial charge in [0.1, 0.15) is 0 Å². The smallest absolute Gasteiger partial charge is 0.258 e. The van der Waals surface area contributed by atoms with E-state index in [1.54, 1.807) is 18.3 Å². The number of nitrogens with one attached hydrogen (secondary N) is 2. The fourth-order valence-electron chi connectivity index (χ4n) is 2.57. The largest absolute Gasteiger partial charge is 0.493 e. The molecule has 9 heteroatoms. The Balaban J connectivity index is 1.68. The van der Waals surface area contributed by atoms with E-state index in [2.05, 4.69) is 25.6 Å². The monoisotopic (exact) mass is 395 g/mol. The van der Waals surface area contributed by atoms with E-state index < -0.39 is 0 Å². The molecular formula is C20H21N5O4. The average molecular weight is 395 g/mol. The molecule has 0 saturated carbocycles. The van der Waals surface area contributed by atoms with Crippen molar-refractivity contribution in [3.63, 3.8) is 0 Å². The summed E-state index contributed by atoms with van der Waals surface area (Å²) in [6, 6.07) is 8.93. The number of rotatable bonds is 8. The van der Waals surface area contributed by atoms with Crippen LogP contribution in [0.25, 0.3) is 0 Å². The zero-order valence-corrected chi connectivity index (χ0v) is 16.3. The summed E-state index contributed by atoms with van der Waals surface area (Å²) in [5, 5.41) is 5.83. The highest BCUT2D eigenvalue weighted by atomic mass is 16.5. The third-order valence-corrected chi connectivity index (χ3v) is 3.99. The quantitative estimate of drug-likeness (QED) is 0.600. The minimum absolute atomic E-state index is 0.308. The predicted molar refractivity (Wildman–Crippen MR) is 108 cm³/mol. The van der Waals surface area contributed by atoms with E-state index in [0.717, 1.165) is 5.69 Å². The standard InChI is InChI=1S/C20H21N5O4/c1-27-16-8-15(9-17(28-2)18(16)29-3)25-19(26)13-10-22-20(23-11-13)24-12-14-6-4-5-7-21-14/h4-11H,12H2,1-3H3,(H,25,26)(H,22,23,24). The number of hydrogen-bond acceptors (Lipinski definition) is 8. The van der Waals surface area contributed by atoms with Crippen LogP contribution in [0.2, 0.25) is 0 Å². The molecule has 1 aromatic carbocycles. The summed E-state index contributed by atoms with van der Waals surface area (Å²) in [7, 11) is 4.53. The van der Waals surface area contributed by atoms with E-state index in [9.17, 15) is 4.79 Å². The zero-order chi connectivity index (χ0) is 20.6. The Morgan fingerprint density at radius 3 is 2.21 bits per heavy atom. The molecule has 0 bridgehead atoms. The molecule has 0 radical (unpaired) electrons. The van der Waals surface area contributed by atoms with Gasteiger partial charge in [-0.25, -0.2) is 9.97 Å². The van der Waals surface area contributed by atoms with Crippen molar-refractivity contribution in [3.05, 3.63) is 60.2 Å². The zero-order valence-electron chi connectivity index (χ0n) is 16.3. The Bertz CT molecular complexity index is 939. The fourth-order valence-corrected chi connectivity index (χ4v) is 2.57. The Morgan fingerprint density at radius 2 is 1.66 bits per heavy atom. The summed E-state index contributed by atoms with van der Waals surface area (Å²) in [6.07, 6.45) is 4.61. The number of nitrogens with zero attached hydrogens (tertiary/aromatic N) is 3. The van der Waals surface area contributed by atoms with Crippen LogP contribution >= 0.6 is 0 Å². The van der Waals surface area contributed by atoms with Gasteiger partial charge in [0.25, 0.3) is 5.91 Å². The second kappa shape index (κ2) is 9.36. The maximum Gasteiger partial charge on any atom is 0.258 e. The van der Waals surface area contributed by atoms with E-state index in [-0.39, 0.29) is 5.91 Å². The van der Waals surface area contributed by atoms with Gasteiger partial charge in [-0.05, 0) is 12.1 Å². The normalized spacial score (nSPS) is 10.2. The lowest BCUT2D eigenvalue weighted by Gasteiger charge is -2.14. The van der Waals surface area contributed by atoms with Crippen molar-refractivity contribution in [1.82, 2.24) is 15.0 Å². The summed E-state index contributed by atoms with van der Waals surface area (Å²) < 4.78 is 15.9. The molecule has 9 nitrogen and oxygen atoms in total. The molecule has 2 aromatic heterocycles. The first kappa shape index (κ1) is 19.9. The van der Waals surface area contributed by atoms with Crippen molar-refractivity contribution in [1.29, 1.82) is 0 Å². The molecule has 150 valence electrons. The fraction of sp³-hybridized carbons (Fsp3) is 0.200. The SMILES string of the molecule is COc1cc(NC(=O)c2cnc(NCc3ccccn3)nc2)cc(OC)c1OC. The van der Waals surface area contributed by atoms with Gasteiger partial charge < -0.3 is 24.8 Å². The van der Waals surface area contributed by atoms with Crippen LogP contribution in [0, 0.1) is 0 Å². The minimum Gasteiger partial charge on any atom is -0.493 e. The number of pyridine rings is 1. The third-order valence-electron chi connectivity index (χ3n) is 3.99. The number of aromatic nitrogens is 3. The third kappa shape index (κ3) is 4.89. The van der Waals surface area contributed by atoms with Crippen LogP contribution in [-0.4, -0.2) is 42.2 Å². The molecule has 2 heterocycles. The molecule has 0 aliphatic rings. The van der Waals surface area contributed by atoms with Gasteiger partial charge in [0.15, 0.2) is 11.5 Å². The van der Waals surface area contributed by atoms with Crippen molar-refractivity contribution in [3.8, 4) is 17.2 Å². The van der Waals surface area contributed by atoms with Gasteiger partial charge in [-0.15, -0.1) is 0 Å². The van der Waals surface area contributed by atoms with Crippen LogP contribution in [0.5, 0.6) is 17.2 Å². The summed E-state index contributed by atoms with van der Waals surface area (Å²) in [5.74, 6) is 1.36. The van der Waals surface area contributed by atoms with Gasteiger partial charge >= 0.3 is 0 Å². The Labute approximate surface area is 168 Å². The van der Waals surface area contributed by atoms with Crippen LogP contribution in [0.4, 0.5) is 11.6 Å². The number of methoxy groups -OCH3 is 3. The molecular weight excluding hydrogens is 374 g/mol. The first-order valence-electron chi connectivity index (χ1n) is 8.71. The predicted octanol–water partition coefficient (Wildman–Crippen LogP) is 2.76. The van der Waals surface area contributed by atoms with E-state index >= 15 is 0 Å². The highest BCUT2D eigenvalue weighted by Gasteiger charge is 2.15. The Morgan fingerprint density at radius 1 is 0.966 bits per heavy atom. The number of benzene rings is 1. The maximum atomic E-state index is 12.5. The minimum atomic E-state index is -0.365. The van der Waals surface area contributed by atoms with E-state index in [0.29, 0.717) is 41.0 Å². The Hall–Kier alpha value is -3.88. The van der Waals surface area contributed by atoms with Gasteiger partial charge in [-0.1, -0.05) is 6.07 Å². The van der Waals surface area contributed by atoms with Crippen molar-refractivity contribution < 1.29 is 19.0 Å². The highest BCUT2D eigenvalue weighted by molar-refractivity contribution is 6.04. The van der Waals surface area contributed by atoms with E-state index in [1.165, 1.54) is 33.7 Å². The van der Waals surface area contributed by atoms with E-state index in [4.69, 9.17) is 14.2 Å². The van der Waals surface area contributed by atoms with Gasteiger partial charge in [0, 0.05) is 36.4 Å². The van der Waals surface area contributed by atoms with Crippen molar-refractivity contribution in [2.24, 2.45) is 0 Å². The van der Waals surface area contributed by atoms with Crippen LogP contribution < -0.4 is 24.8 Å². The molecule has 1 amide bonds. The number of anilines is 2. The number of ether oxygens (including phenoxy) is 3. The molecule has 0 atom stereocenters. The molecule has 0 aliphatic carbocycles. The number of amides is 1. The maximum absolute atomic E-state index is 12.5. The number of carbonyl (C=O) groups is 1. The highest BCUT2D eigenvalue weighted by Crippen LogP contribution is 2.39. The van der Waals surface area contributed by atoms with Gasteiger partial charge in [0.2, 0.25) is 11.7 Å². The average Bonchev–Trinajstić information content (AvgIpc) is 2.77. The molecule has 0 spiro atoms. The second-order valence-electron chi connectivity index (χ2n) is 5.84. The van der Waals surface area contributed by atoms with Crippen LogP contribution in [0.3, 0.4) is 0 Å². The van der Waals surface area contributed by atoms with Crippen molar-refractivity contribution in [2.45, 2.75) is 6.54 Å². The van der Waals surface area contributed by atoms with Crippen LogP contribution in [0.15, 0.2) is 48.9 Å².